The Hall–Kier alpha value is -3.07. The first kappa shape index (κ1) is 26.2. The van der Waals surface area contributed by atoms with E-state index in [1.807, 2.05) is 0 Å². The third-order valence-electron chi connectivity index (χ3n) is 8.00. The number of nitrogen functional groups attached to an aromatic ring is 1. The number of likely N-dealkylation sites (tertiary alicyclic amines) is 1. The summed E-state index contributed by atoms with van der Waals surface area (Å²) in [6.45, 7) is 2.93. The molecular formula is C25H35N7O7. The fourth-order valence-electron chi connectivity index (χ4n) is 5.45. The molecule has 1 aliphatic carbocycles. The van der Waals surface area contributed by atoms with Crippen LogP contribution in [0.15, 0.2) is 6.33 Å². The van der Waals surface area contributed by atoms with Gasteiger partial charge in [-0.25, -0.2) is 19.7 Å². The van der Waals surface area contributed by atoms with Crippen LogP contribution in [0.3, 0.4) is 0 Å². The van der Waals surface area contributed by atoms with Crippen LogP contribution >= 0.6 is 0 Å². The Bertz CT molecular complexity index is 1210. The lowest BCUT2D eigenvalue weighted by Gasteiger charge is -2.31. The van der Waals surface area contributed by atoms with E-state index < -0.39 is 30.4 Å². The number of hydrogen-bond acceptors (Lipinski definition) is 11. The van der Waals surface area contributed by atoms with Crippen molar-refractivity contribution in [2.75, 3.05) is 38.6 Å². The van der Waals surface area contributed by atoms with Crippen molar-refractivity contribution in [3.05, 3.63) is 12.2 Å². The van der Waals surface area contributed by atoms with Crippen molar-refractivity contribution >= 4 is 29.0 Å². The van der Waals surface area contributed by atoms with E-state index in [4.69, 9.17) is 19.9 Å². The van der Waals surface area contributed by atoms with Crippen molar-refractivity contribution in [1.29, 1.82) is 0 Å². The maximum atomic E-state index is 12.5. The van der Waals surface area contributed by atoms with E-state index in [-0.39, 0.29) is 29.8 Å². The van der Waals surface area contributed by atoms with Crippen molar-refractivity contribution in [2.45, 2.75) is 69.1 Å². The molecule has 14 heteroatoms. The van der Waals surface area contributed by atoms with Gasteiger partial charge in [0.15, 0.2) is 23.8 Å². The highest BCUT2D eigenvalue weighted by molar-refractivity contribution is 5.83. The molecule has 3 unspecified atom stereocenters. The number of ether oxygens (including phenoxy) is 3. The van der Waals surface area contributed by atoms with Crippen molar-refractivity contribution in [3.63, 3.8) is 0 Å². The highest BCUT2D eigenvalue weighted by Gasteiger charge is 2.48. The molecule has 1 saturated carbocycles. The van der Waals surface area contributed by atoms with Gasteiger partial charge in [0.25, 0.3) is 5.91 Å². The van der Waals surface area contributed by atoms with Gasteiger partial charge < -0.3 is 40.4 Å². The molecule has 0 bridgehead atoms. The summed E-state index contributed by atoms with van der Waals surface area (Å²) in [5.41, 5.74) is 6.90. The zero-order chi connectivity index (χ0) is 27.1. The van der Waals surface area contributed by atoms with Crippen LogP contribution in [0.1, 0.15) is 44.2 Å². The van der Waals surface area contributed by atoms with Crippen molar-refractivity contribution in [3.8, 4) is 0 Å². The minimum Gasteiger partial charge on any atom is -0.449 e. The largest absolute Gasteiger partial charge is 0.449 e. The van der Waals surface area contributed by atoms with Crippen LogP contribution < -0.4 is 11.1 Å². The number of aliphatic hydroxyl groups is 2. The van der Waals surface area contributed by atoms with Crippen LogP contribution in [0.5, 0.6) is 0 Å². The molecule has 39 heavy (non-hydrogen) atoms. The number of carbonyl (C=O) groups excluding carboxylic acids is 2. The van der Waals surface area contributed by atoms with Gasteiger partial charge in [0, 0.05) is 38.1 Å². The molecule has 0 aromatic carbocycles. The monoisotopic (exact) mass is 545 g/mol. The fraction of sp³-hybridized carbons (Fsp3) is 0.720. The highest BCUT2D eigenvalue weighted by atomic mass is 16.6. The SMILES string of the molecule is Nc1nc(CC2CCN(C(=O)OCC3CCOC3)CC2)nc2c1ncn2[C@@H]1O[C@H](C(=O)NC2CC2)C(O)C1O. The Labute approximate surface area is 224 Å². The predicted octanol–water partition coefficient (Wildman–Crippen LogP) is -0.266. The summed E-state index contributed by atoms with van der Waals surface area (Å²) in [7, 11) is 0. The van der Waals surface area contributed by atoms with Crippen LogP contribution in [0.2, 0.25) is 0 Å². The Morgan fingerprint density at radius 1 is 1.10 bits per heavy atom. The van der Waals surface area contributed by atoms with Gasteiger partial charge in [0.2, 0.25) is 0 Å². The van der Waals surface area contributed by atoms with Crippen LogP contribution in [0.4, 0.5) is 10.6 Å². The van der Waals surface area contributed by atoms with Gasteiger partial charge in [-0.2, -0.15) is 0 Å². The molecule has 0 spiro atoms. The molecule has 3 saturated heterocycles. The maximum absolute atomic E-state index is 12.5. The standard InChI is InChI=1S/C25H35N7O7/c26-21-17-22(32(12-27-17)24-19(34)18(33)20(39-24)23(35)28-15-1-2-15)30-16(29-21)9-13-3-6-31(7-4-13)25(36)38-11-14-5-8-37-10-14/h12-15,18-20,24,33-34H,1-11H2,(H,28,35)(H2,26,29,30)/t14?,18?,19?,20-,24+/m0/s1. The number of imidazole rings is 1. The highest BCUT2D eigenvalue weighted by Crippen LogP contribution is 2.33. The molecule has 14 nitrogen and oxygen atoms in total. The second-order valence-electron chi connectivity index (χ2n) is 11.0. The van der Waals surface area contributed by atoms with Gasteiger partial charge >= 0.3 is 6.09 Å². The predicted molar refractivity (Wildman–Crippen MR) is 135 cm³/mol. The Kier molecular flexibility index (Phi) is 7.27. The number of rotatable bonds is 7. The van der Waals surface area contributed by atoms with Gasteiger partial charge in [-0.3, -0.25) is 9.36 Å². The first-order valence-corrected chi connectivity index (χ1v) is 13.7. The van der Waals surface area contributed by atoms with Crippen LogP contribution in [-0.4, -0.2) is 104 Å². The number of aromatic nitrogens is 4. The average molecular weight is 546 g/mol. The van der Waals surface area contributed by atoms with Crippen molar-refractivity contribution in [2.24, 2.45) is 11.8 Å². The number of nitrogens with zero attached hydrogens (tertiary/aromatic N) is 5. The van der Waals surface area contributed by atoms with Gasteiger partial charge in [0.05, 0.1) is 19.5 Å². The van der Waals surface area contributed by atoms with Gasteiger partial charge in [-0.15, -0.1) is 0 Å². The van der Waals surface area contributed by atoms with E-state index in [2.05, 4.69) is 20.3 Å². The summed E-state index contributed by atoms with van der Waals surface area (Å²) in [6, 6.07) is 0.0956. The Balaban J connectivity index is 1.09. The summed E-state index contributed by atoms with van der Waals surface area (Å²) in [6.07, 6.45) is 0.925. The number of nitrogens with two attached hydrogens (primary N) is 1. The van der Waals surface area contributed by atoms with E-state index in [1.54, 1.807) is 4.90 Å². The van der Waals surface area contributed by atoms with E-state index in [0.29, 0.717) is 49.7 Å². The first-order chi connectivity index (χ1) is 18.9. The van der Waals surface area contributed by atoms with Gasteiger partial charge in [0.1, 0.15) is 23.5 Å². The number of hydrogen-bond donors (Lipinski definition) is 4. The number of anilines is 1. The zero-order valence-corrected chi connectivity index (χ0v) is 21.6. The molecule has 5 heterocycles. The average Bonchev–Trinajstić information content (AvgIpc) is 3.28. The summed E-state index contributed by atoms with van der Waals surface area (Å²) in [5.74, 6) is 0.786. The number of piperidine rings is 1. The van der Waals surface area contributed by atoms with E-state index >= 15 is 0 Å². The second kappa shape index (κ2) is 10.8. The summed E-state index contributed by atoms with van der Waals surface area (Å²) in [4.78, 5) is 40.1. The third kappa shape index (κ3) is 5.51. The fourth-order valence-corrected chi connectivity index (χ4v) is 5.45. The molecule has 5 atom stereocenters. The Morgan fingerprint density at radius 2 is 1.90 bits per heavy atom. The Morgan fingerprint density at radius 3 is 2.62 bits per heavy atom. The van der Waals surface area contributed by atoms with Crippen LogP contribution in [0.25, 0.3) is 11.2 Å². The molecule has 6 rings (SSSR count). The smallest absolute Gasteiger partial charge is 0.409 e. The minimum absolute atomic E-state index is 0.0956. The molecule has 2 aromatic heterocycles. The third-order valence-corrected chi connectivity index (χ3v) is 8.00. The molecule has 2 aromatic rings. The summed E-state index contributed by atoms with van der Waals surface area (Å²) < 4.78 is 18.1. The number of aliphatic hydroxyl groups excluding tert-OH is 2. The van der Waals surface area contributed by atoms with Gasteiger partial charge in [-0.1, -0.05) is 0 Å². The van der Waals surface area contributed by atoms with E-state index in [9.17, 15) is 19.8 Å². The molecule has 0 radical (unpaired) electrons. The van der Waals surface area contributed by atoms with Crippen LogP contribution in [-0.2, 0) is 25.4 Å². The molecule has 4 fully saturated rings. The lowest BCUT2D eigenvalue weighted by molar-refractivity contribution is -0.137. The molecule has 3 aliphatic heterocycles. The molecule has 212 valence electrons. The molecule has 4 aliphatic rings. The lowest BCUT2D eigenvalue weighted by atomic mass is 9.93. The maximum Gasteiger partial charge on any atom is 0.409 e. The number of fused-ring (bicyclic) bond motifs is 1. The van der Waals surface area contributed by atoms with Crippen molar-refractivity contribution in [1.82, 2.24) is 29.7 Å². The first-order valence-electron chi connectivity index (χ1n) is 13.7. The quantitative estimate of drug-likeness (QED) is 0.359. The molecule has 2 amide bonds. The summed E-state index contributed by atoms with van der Waals surface area (Å²) in [5, 5.41) is 24.0. The zero-order valence-electron chi connectivity index (χ0n) is 21.6. The van der Waals surface area contributed by atoms with E-state index in [0.717, 1.165) is 38.7 Å². The summed E-state index contributed by atoms with van der Waals surface area (Å²) >= 11 is 0. The molecule has 5 N–H and O–H groups in total. The number of nitrogens with one attached hydrogen (secondary N) is 1. The minimum atomic E-state index is -1.40. The number of carbonyl (C=O) groups is 2. The van der Waals surface area contributed by atoms with Gasteiger partial charge in [-0.05, 0) is 38.0 Å². The van der Waals surface area contributed by atoms with Crippen LogP contribution in [0, 0.1) is 11.8 Å². The van der Waals surface area contributed by atoms with Crippen molar-refractivity contribution < 1.29 is 34.0 Å². The topological polar surface area (TPSA) is 187 Å². The van der Waals surface area contributed by atoms with E-state index in [1.165, 1.54) is 10.9 Å². The molecular weight excluding hydrogens is 510 g/mol. The second-order valence-corrected chi connectivity index (χ2v) is 11.0. The number of amides is 2. The normalized spacial score (nSPS) is 29.7. The lowest BCUT2D eigenvalue weighted by Crippen LogP contribution is -2.43.